The van der Waals surface area contributed by atoms with E-state index in [1.165, 1.54) is 0 Å². The van der Waals surface area contributed by atoms with Gasteiger partial charge < -0.3 is 4.74 Å². The molecular weight excluding hydrogens is 182 g/mol. The Kier molecular flexibility index (Phi) is 4.25. The second-order valence-corrected chi connectivity index (χ2v) is 3.10. The average Bonchev–Trinajstić information content (AvgIpc) is 2.55. The van der Waals surface area contributed by atoms with Crippen molar-refractivity contribution in [1.29, 1.82) is 0 Å². The van der Waals surface area contributed by atoms with E-state index < -0.39 is 0 Å². The highest BCUT2D eigenvalue weighted by Crippen LogP contribution is 2.02. The van der Waals surface area contributed by atoms with Crippen LogP contribution in [0.2, 0.25) is 0 Å². The molecule has 0 bridgehead atoms. The first-order valence-corrected chi connectivity index (χ1v) is 4.63. The zero-order valence-corrected chi connectivity index (χ0v) is 8.56. The van der Waals surface area contributed by atoms with Gasteiger partial charge in [-0.3, -0.25) is 4.79 Å². The lowest BCUT2D eigenvalue weighted by molar-refractivity contribution is 0.111. The Hall–Kier alpha value is -1.23. The van der Waals surface area contributed by atoms with Crippen molar-refractivity contribution in [1.82, 2.24) is 15.0 Å². The molecule has 0 saturated carbocycles. The summed E-state index contributed by atoms with van der Waals surface area (Å²) in [5.74, 6) is 0. The molecule has 1 aromatic heterocycles. The molecule has 5 nitrogen and oxygen atoms in total. The lowest BCUT2D eigenvalue weighted by Gasteiger charge is -2.02. The number of ether oxygens (including phenoxy) is 1. The highest BCUT2D eigenvalue weighted by Gasteiger charge is 2.05. The van der Waals surface area contributed by atoms with E-state index in [0.717, 1.165) is 38.0 Å². The largest absolute Gasteiger partial charge is 0.385 e. The predicted octanol–water partition coefficient (Wildman–Crippen LogP) is 0.826. The molecule has 1 heterocycles. The van der Waals surface area contributed by atoms with Gasteiger partial charge in [-0.2, -0.15) is 0 Å². The number of aryl methyl sites for hydroxylation is 1. The first-order valence-electron chi connectivity index (χ1n) is 4.63. The standard InChI is InChI=1S/C9H15N3O2/c1-8-9(7-13)10-11-12(8)5-3-4-6-14-2/h7H,3-6H2,1-2H3. The maximum Gasteiger partial charge on any atom is 0.172 e. The quantitative estimate of drug-likeness (QED) is 0.500. The first-order chi connectivity index (χ1) is 6.79. The van der Waals surface area contributed by atoms with E-state index >= 15 is 0 Å². The fourth-order valence-corrected chi connectivity index (χ4v) is 1.20. The normalized spacial score (nSPS) is 10.4. The van der Waals surface area contributed by atoms with Gasteiger partial charge in [-0.15, -0.1) is 5.10 Å². The fourth-order valence-electron chi connectivity index (χ4n) is 1.20. The molecule has 1 aromatic rings. The van der Waals surface area contributed by atoms with Crippen molar-refractivity contribution in [3.05, 3.63) is 11.4 Å². The molecule has 0 fully saturated rings. The van der Waals surface area contributed by atoms with Gasteiger partial charge >= 0.3 is 0 Å². The van der Waals surface area contributed by atoms with Crippen molar-refractivity contribution in [3.8, 4) is 0 Å². The second kappa shape index (κ2) is 5.49. The smallest absolute Gasteiger partial charge is 0.172 e. The number of methoxy groups -OCH3 is 1. The molecule has 0 N–H and O–H groups in total. The number of carbonyl (C=O) groups excluding carboxylic acids is 1. The van der Waals surface area contributed by atoms with E-state index in [1.807, 2.05) is 6.92 Å². The van der Waals surface area contributed by atoms with Gasteiger partial charge in [-0.05, 0) is 19.8 Å². The Morgan fingerprint density at radius 3 is 2.86 bits per heavy atom. The molecule has 0 aliphatic carbocycles. The second-order valence-electron chi connectivity index (χ2n) is 3.10. The van der Waals surface area contributed by atoms with Crippen LogP contribution in [0.1, 0.15) is 29.0 Å². The Labute approximate surface area is 83.1 Å². The van der Waals surface area contributed by atoms with Crippen LogP contribution < -0.4 is 0 Å². The molecule has 0 unspecified atom stereocenters. The van der Waals surface area contributed by atoms with Crippen LogP contribution in [0.3, 0.4) is 0 Å². The molecule has 0 aliphatic rings. The van der Waals surface area contributed by atoms with E-state index in [9.17, 15) is 4.79 Å². The number of unbranched alkanes of at least 4 members (excludes halogenated alkanes) is 1. The molecule has 78 valence electrons. The van der Waals surface area contributed by atoms with Crippen LogP contribution in [0.5, 0.6) is 0 Å². The molecule has 0 aromatic carbocycles. The van der Waals surface area contributed by atoms with Gasteiger partial charge in [0.1, 0.15) is 5.69 Å². The van der Waals surface area contributed by atoms with Gasteiger partial charge in [0.2, 0.25) is 0 Å². The molecular formula is C9H15N3O2. The number of rotatable bonds is 6. The minimum absolute atomic E-state index is 0.428. The third kappa shape index (κ3) is 2.63. The summed E-state index contributed by atoms with van der Waals surface area (Å²) in [4.78, 5) is 10.5. The molecule has 1 rings (SSSR count). The van der Waals surface area contributed by atoms with Crippen LogP contribution in [-0.4, -0.2) is 35.0 Å². The SMILES string of the molecule is COCCCCn1nnc(C=O)c1C. The zero-order chi connectivity index (χ0) is 10.4. The summed E-state index contributed by atoms with van der Waals surface area (Å²) in [7, 11) is 1.69. The molecule has 0 atom stereocenters. The van der Waals surface area contributed by atoms with Crippen LogP contribution in [-0.2, 0) is 11.3 Å². The van der Waals surface area contributed by atoms with Gasteiger partial charge in [-0.1, -0.05) is 5.21 Å². The van der Waals surface area contributed by atoms with Crippen molar-refractivity contribution in [3.63, 3.8) is 0 Å². The highest BCUT2D eigenvalue weighted by atomic mass is 16.5. The fraction of sp³-hybridized carbons (Fsp3) is 0.667. The third-order valence-corrected chi connectivity index (χ3v) is 2.10. The lowest BCUT2D eigenvalue weighted by Crippen LogP contribution is -2.04. The maximum absolute atomic E-state index is 10.5. The van der Waals surface area contributed by atoms with Crippen LogP contribution in [0, 0.1) is 6.92 Å². The summed E-state index contributed by atoms with van der Waals surface area (Å²) in [5.41, 5.74) is 1.26. The summed E-state index contributed by atoms with van der Waals surface area (Å²) in [6.45, 7) is 3.39. The van der Waals surface area contributed by atoms with Crippen LogP contribution >= 0.6 is 0 Å². The van der Waals surface area contributed by atoms with Gasteiger partial charge in [-0.25, -0.2) is 4.68 Å². The number of nitrogens with zero attached hydrogens (tertiary/aromatic N) is 3. The van der Waals surface area contributed by atoms with Crippen molar-refractivity contribution in [2.45, 2.75) is 26.3 Å². The van der Waals surface area contributed by atoms with Gasteiger partial charge in [0.25, 0.3) is 0 Å². The van der Waals surface area contributed by atoms with E-state index in [1.54, 1.807) is 11.8 Å². The van der Waals surface area contributed by atoms with Gasteiger partial charge in [0, 0.05) is 20.3 Å². The Balaban J connectivity index is 2.42. The van der Waals surface area contributed by atoms with Crippen molar-refractivity contribution in [2.24, 2.45) is 0 Å². The minimum atomic E-state index is 0.428. The maximum atomic E-state index is 10.5. The number of hydrogen-bond donors (Lipinski definition) is 0. The van der Waals surface area contributed by atoms with Crippen LogP contribution in [0.4, 0.5) is 0 Å². The summed E-state index contributed by atoms with van der Waals surface area (Å²) in [6, 6.07) is 0. The molecule has 0 radical (unpaired) electrons. The molecule has 0 saturated heterocycles. The Morgan fingerprint density at radius 1 is 1.50 bits per heavy atom. The van der Waals surface area contributed by atoms with Crippen molar-refractivity contribution >= 4 is 6.29 Å². The van der Waals surface area contributed by atoms with Crippen molar-refractivity contribution < 1.29 is 9.53 Å². The zero-order valence-electron chi connectivity index (χ0n) is 8.56. The van der Waals surface area contributed by atoms with Crippen LogP contribution in [0.15, 0.2) is 0 Å². The van der Waals surface area contributed by atoms with E-state index in [2.05, 4.69) is 10.3 Å². The topological polar surface area (TPSA) is 57.0 Å². The number of aromatic nitrogens is 3. The summed E-state index contributed by atoms with van der Waals surface area (Å²) in [6.07, 6.45) is 2.70. The number of aldehydes is 1. The van der Waals surface area contributed by atoms with E-state index in [0.29, 0.717) is 5.69 Å². The van der Waals surface area contributed by atoms with E-state index in [4.69, 9.17) is 4.74 Å². The van der Waals surface area contributed by atoms with Gasteiger partial charge in [0.15, 0.2) is 6.29 Å². The van der Waals surface area contributed by atoms with Gasteiger partial charge in [0.05, 0.1) is 5.69 Å². The Morgan fingerprint density at radius 2 is 2.29 bits per heavy atom. The Bertz CT molecular complexity index is 296. The minimum Gasteiger partial charge on any atom is -0.385 e. The molecule has 5 heteroatoms. The van der Waals surface area contributed by atoms with E-state index in [-0.39, 0.29) is 0 Å². The predicted molar refractivity (Wildman–Crippen MR) is 51.3 cm³/mol. The summed E-state index contributed by atoms with van der Waals surface area (Å²) >= 11 is 0. The average molecular weight is 197 g/mol. The number of hydrogen-bond acceptors (Lipinski definition) is 4. The lowest BCUT2D eigenvalue weighted by atomic mass is 10.3. The highest BCUT2D eigenvalue weighted by molar-refractivity contribution is 5.72. The monoisotopic (exact) mass is 197 g/mol. The molecule has 14 heavy (non-hydrogen) atoms. The molecule has 0 aliphatic heterocycles. The van der Waals surface area contributed by atoms with Crippen LogP contribution in [0.25, 0.3) is 0 Å². The third-order valence-electron chi connectivity index (χ3n) is 2.10. The summed E-state index contributed by atoms with van der Waals surface area (Å²) < 4.78 is 6.68. The molecule has 0 amide bonds. The molecule has 0 spiro atoms. The van der Waals surface area contributed by atoms with Crippen molar-refractivity contribution in [2.75, 3.05) is 13.7 Å². The first kappa shape index (κ1) is 10.8. The number of carbonyl (C=O) groups is 1. The summed E-state index contributed by atoms with van der Waals surface area (Å²) in [5, 5.41) is 7.63.